The Hall–Kier alpha value is 2.20. The summed E-state index contributed by atoms with van der Waals surface area (Å²) in [5.41, 5.74) is 0. The van der Waals surface area contributed by atoms with Crippen molar-refractivity contribution in [1.82, 2.24) is 0 Å². The Kier molecular flexibility index (Phi) is 43.4. The van der Waals surface area contributed by atoms with Crippen LogP contribution < -0.4 is 0 Å². The molecule has 44 heavy (non-hydrogen) atoms. The second-order valence-corrected chi connectivity index (χ2v) is 19.0. The van der Waals surface area contributed by atoms with Crippen molar-refractivity contribution in [1.29, 1.82) is 0 Å². The minimum atomic E-state index is -0.188. The highest BCUT2D eigenvalue weighted by atomic mass is 32.2. The van der Waals surface area contributed by atoms with Crippen molar-refractivity contribution in [3.05, 3.63) is 0 Å². The van der Waals surface area contributed by atoms with Crippen LogP contribution in [0, 0.1) is 0 Å². The Balaban J connectivity index is 3.19. The van der Waals surface area contributed by atoms with Gasteiger partial charge in [-0.2, -0.15) is 23.5 Å². The van der Waals surface area contributed by atoms with Crippen LogP contribution in [0.1, 0.15) is 0 Å². The molecule has 0 amide bonds. The molecule has 0 saturated heterocycles. The Morgan fingerprint density at radius 3 is 1.34 bits per heavy atom. The summed E-state index contributed by atoms with van der Waals surface area (Å²) < 4.78 is 10.4. The molecule has 0 atom stereocenters. The van der Waals surface area contributed by atoms with Gasteiger partial charge in [-0.15, -0.1) is 94.1 Å². The molecule has 0 bridgehead atoms. The number of ether oxygens (including phenoxy) is 2. The van der Waals surface area contributed by atoms with Crippen LogP contribution in [-0.2, 0) is 38.6 Å². The summed E-state index contributed by atoms with van der Waals surface area (Å²) in [6, 6.07) is 0. The summed E-state index contributed by atoms with van der Waals surface area (Å²) >= 11 is 16.3. The molecule has 0 aromatic carbocycles. The normalized spacial score (nSPS) is 11.2. The fraction of sp³-hybridized carbons (Fsp3) is 0.917. The minimum Gasteiger partial charge on any atom is -0.454 e. The molecule has 20 heteroatoms. The third-order valence-electron chi connectivity index (χ3n) is 4.02. The van der Waals surface area contributed by atoms with Crippen molar-refractivity contribution in [3.8, 4) is 0 Å². The third-order valence-corrected chi connectivity index (χ3v) is 14.2. The topological polar surface area (TPSA) is 130 Å². The Morgan fingerprint density at radius 2 is 0.818 bits per heavy atom. The average Bonchev–Trinajstić information content (AvgIpc) is 3.02. The van der Waals surface area contributed by atoms with Crippen LogP contribution in [0.25, 0.3) is 0 Å². The molecule has 0 aromatic heterocycles. The molecule has 0 aliphatic rings. The summed E-state index contributed by atoms with van der Waals surface area (Å²) in [5, 5.41) is 19.1. The summed E-state index contributed by atoms with van der Waals surface area (Å²) in [6.07, 6.45) is 0. The highest BCUT2D eigenvalue weighted by Crippen LogP contribution is 2.14. The SMILES string of the molecule is O=C(CSCCSCCOOCSCSCCO)OCSCCSCOOCCSCCSCC(=O)OCSCSCCO. The van der Waals surface area contributed by atoms with E-state index >= 15 is 0 Å². The first-order chi connectivity index (χ1) is 21.7. The minimum absolute atomic E-state index is 0.172. The van der Waals surface area contributed by atoms with E-state index in [0.717, 1.165) is 61.9 Å². The molecule has 0 aromatic rings. The lowest BCUT2D eigenvalue weighted by Gasteiger charge is -2.06. The van der Waals surface area contributed by atoms with Crippen LogP contribution >= 0.6 is 118 Å². The number of rotatable bonds is 37. The van der Waals surface area contributed by atoms with Crippen LogP contribution in [0.4, 0.5) is 0 Å². The van der Waals surface area contributed by atoms with Crippen molar-refractivity contribution in [2.45, 2.75) is 0 Å². The summed E-state index contributed by atoms with van der Waals surface area (Å²) in [6.45, 7) is 1.42. The average molecular weight is 815 g/mol. The molecule has 2 N–H and O–H groups in total. The molecule has 0 radical (unpaired) electrons. The first-order valence-electron chi connectivity index (χ1n) is 13.5. The lowest BCUT2D eigenvalue weighted by Crippen LogP contribution is -2.08. The molecule has 0 spiro atoms. The maximum Gasteiger partial charge on any atom is 0.316 e. The van der Waals surface area contributed by atoms with E-state index in [-0.39, 0.29) is 25.2 Å². The highest BCUT2D eigenvalue weighted by molar-refractivity contribution is 8.16. The van der Waals surface area contributed by atoms with Crippen molar-refractivity contribution in [2.24, 2.45) is 0 Å². The van der Waals surface area contributed by atoms with Gasteiger partial charge in [0.2, 0.25) is 0 Å². The van der Waals surface area contributed by atoms with Gasteiger partial charge in [-0.05, 0) is 0 Å². The molecule has 0 heterocycles. The van der Waals surface area contributed by atoms with E-state index < -0.39 is 0 Å². The van der Waals surface area contributed by atoms with Crippen molar-refractivity contribution >= 4 is 130 Å². The predicted octanol–water partition coefficient (Wildman–Crippen LogP) is 5.03. The van der Waals surface area contributed by atoms with Gasteiger partial charge < -0.3 is 19.7 Å². The second kappa shape index (κ2) is 41.4. The fourth-order valence-corrected chi connectivity index (χ4v) is 10.2. The first-order valence-corrected chi connectivity index (χ1v) is 25.0. The molecular weight excluding hydrogens is 769 g/mol. The molecule has 0 unspecified atom stereocenters. The van der Waals surface area contributed by atoms with E-state index in [1.165, 1.54) is 11.8 Å². The molecule has 0 rings (SSSR count). The number of aliphatic hydroxyl groups is 2. The Morgan fingerprint density at radius 1 is 0.409 bits per heavy atom. The summed E-state index contributed by atoms with van der Waals surface area (Å²) in [7, 11) is 0. The van der Waals surface area contributed by atoms with Gasteiger partial charge in [0.05, 0.1) is 37.9 Å². The Bertz CT molecular complexity index is 620. The van der Waals surface area contributed by atoms with Crippen LogP contribution in [0.15, 0.2) is 0 Å². The molecular formula is C24H46O10S10. The largest absolute Gasteiger partial charge is 0.454 e. The molecule has 0 fully saturated rings. The first kappa shape index (κ1) is 46.2. The van der Waals surface area contributed by atoms with E-state index in [4.69, 9.17) is 39.2 Å². The van der Waals surface area contributed by atoms with Gasteiger partial charge in [0, 0.05) is 67.7 Å². The summed E-state index contributed by atoms with van der Waals surface area (Å²) in [5.74, 6) is 10.5. The second-order valence-electron chi connectivity index (χ2n) is 7.44. The standard InChI is InChI=1S/C24H46O10S10/c25-1-5-41-21-43-18-30-24(28)16-38-12-10-35-7-3-31-33-19-40-14-13-39-17-29-23(27)15-37-11-9-36-8-4-32-34-20-44-22-42-6-2-26/h25-26H,1-22H2. The number of esters is 2. The molecule has 0 saturated carbocycles. The summed E-state index contributed by atoms with van der Waals surface area (Å²) in [4.78, 5) is 44.0. The number of carbonyl (C=O) groups is 2. The van der Waals surface area contributed by atoms with Gasteiger partial charge in [-0.3, -0.25) is 9.59 Å². The molecule has 0 aliphatic heterocycles. The van der Waals surface area contributed by atoms with E-state index in [2.05, 4.69) is 0 Å². The van der Waals surface area contributed by atoms with E-state index in [0.29, 0.717) is 54.2 Å². The van der Waals surface area contributed by atoms with Crippen LogP contribution in [0.3, 0.4) is 0 Å². The molecule has 262 valence electrons. The van der Waals surface area contributed by atoms with Crippen molar-refractivity contribution in [3.63, 3.8) is 0 Å². The zero-order chi connectivity index (χ0) is 32.0. The fourth-order valence-electron chi connectivity index (χ4n) is 2.16. The van der Waals surface area contributed by atoms with Gasteiger partial charge >= 0.3 is 11.9 Å². The lowest BCUT2D eigenvalue weighted by atomic mass is 10.8. The van der Waals surface area contributed by atoms with Gasteiger partial charge in [-0.25, -0.2) is 19.6 Å². The number of thioether (sulfide) groups is 10. The molecule has 0 aliphatic carbocycles. The quantitative estimate of drug-likeness (QED) is 0.0286. The van der Waals surface area contributed by atoms with Gasteiger partial charge in [0.25, 0.3) is 0 Å². The number of carbonyl (C=O) groups excluding carboxylic acids is 2. The van der Waals surface area contributed by atoms with Crippen molar-refractivity contribution < 1.29 is 48.8 Å². The highest BCUT2D eigenvalue weighted by Gasteiger charge is 2.04. The van der Waals surface area contributed by atoms with Gasteiger partial charge in [0.1, 0.15) is 23.8 Å². The maximum absolute atomic E-state index is 11.8. The predicted molar refractivity (Wildman–Crippen MR) is 204 cm³/mol. The van der Waals surface area contributed by atoms with Crippen molar-refractivity contribution in [2.75, 3.05) is 129 Å². The van der Waals surface area contributed by atoms with Gasteiger partial charge in [-0.1, -0.05) is 0 Å². The van der Waals surface area contributed by atoms with Crippen LogP contribution in [-0.4, -0.2) is 152 Å². The number of hydrogen-bond donors (Lipinski definition) is 2. The monoisotopic (exact) mass is 814 g/mol. The molecule has 10 nitrogen and oxygen atoms in total. The van der Waals surface area contributed by atoms with Gasteiger partial charge in [0.15, 0.2) is 0 Å². The zero-order valence-corrected chi connectivity index (χ0v) is 33.0. The number of hydrogen-bond acceptors (Lipinski definition) is 20. The van der Waals surface area contributed by atoms with Crippen LogP contribution in [0.2, 0.25) is 0 Å². The maximum atomic E-state index is 11.8. The zero-order valence-electron chi connectivity index (χ0n) is 24.8. The smallest absolute Gasteiger partial charge is 0.316 e. The number of aliphatic hydroxyl groups excluding tert-OH is 2. The van der Waals surface area contributed by atoms with E-state index in [1.54, 1.807) is 106 Å². The van der Waals surface area contributed by atoms with E-state index in [9.17, 15) is 9.59 Å². The third kappa shape index (κ3) is 40.4. The van der Waals surface area contributed by atoms with E-state index in [1.807, 2.05) is 0 Å². The Labute approximate surface area is 305 Å². The van der Waals surface area contributed by atoms with Crippen LogP contribution in [0.5, 0.6) is 0 Å². The lowest BCUT2D eigenvalue weighted by molar-refractivity contribution is -0.274.